The summed E-state index contributed by atoms with van der Waals surface area (Å²) in [5.74, 6) is 0.210. The van der Waals surface area contributed by atoms with Crippen LogP contribution in [0.15, 0.2) is 47.3 Å². The van der Waals surface area contributed by atoms with Crippen molar-refractivity contribution in [2.45, 2.75) is 19.9 Å². The van der Waals surface area contributed by atoms with E-state index in [1.807, 2.05) is 13.0 Å². The standard InChI is InChI=1S/C20H19Cl2FN4O2/c1-10(24-11(2)27(4)28)15-6-5-13(7-17(15)22)16-8-14(21)9-18(23)19(16)20-25-12(3)29-26-20/h5-10,24,28H,2H2,1,3-4H3/t10-/m1/s1. The minimum Gasteiger partial charge on any atom is -0.364 e. The van der Waals surface area contributed by atoms with Gasteiger partial charge >= 0.3 is 0 Å². The molecule has 1 atom stereocenters. The summed E-state index contributed by atoms with van der Waals surface area (Å²) in [6.07, 6.45) is 0. The molecule has 0 aliphatic heterocycles. The van der Waals surface area contributed by atoms with Gasteiger partial charge in [0.25, 0.3) is 0 Å². The molecule has 0 amide bonds. The second-order valence-electron chi connectivity index (χ2n) is 6.52. The Balaban J connectivity index is 2.04. The number of nitrogens with one attached hydrogen (secondary N) is 1. The summed E-state index contributed by atoms with van der Waals surface area (Å²) < 4.78 is 19.7. The molecule has 1 aromatic heterocycles. The van der Waals surface area contributed by atoms with Crippen LogP contribution >= 0.6 is 23.2 Å². The molecule has 0 saturated carbocycles. The Morgan fingerprint density at radius 1 is 1.31 bits per heavy atom. The maximum Gasteiger partial charge on any atom is 0.223 e. The first kappa shape index (κ1) is 21.1. The van der Waals surface area contributed by atoms with Gasteiger partial charge in [-0.25, -0.2) is 9.45 Å². The molecule has 6 nitrogen and oxygen atoms in total. The predicted octanol–water partition coefficient (Wildman–Crippen LogP) is 5.60. The molecule has 3 rings (SSSR count). The van der Waals surface area contributed by atoms with Crippen molar-refractivity contribution in [3.63, 3.8) is 0 Å². The van der Waals surface area contributed by atoms with Gasteiger partial charge in [-0.2, -0.15) is 4.98 Å². The Labute approximate surface area is 177 Å². The van der Waals surface area contributed by atoms with Gasteiger partial charge in [-0.15, -0.1) is 0 Å². The molecule has 9 heteroatoms. The maximum atomic E-state index is 14.7. The van der Waals surface area contributed by atoms with Crippen LogP contribution < -0.4 is 5.32 Å². The van der Waals surface area contributed by atoms with Gasteiger partial charge < -0.3 is 9.84 Å². The molecule has 3 aromatic rings. The average Bonchev–Trinajstić information content (AvgIpc) is 3.06. The lowest BCUT2D eigenvalue weighted by atomic mass is 9.96. The molecule has 0 aliphatic rings. The zero-order chi connectivity index (χ0) is 21.3. The fraction of sp³-hybridized carbons (Fsp3) is 0.200. The van der Waals surface area contributed by atoms with Gasteiger partial charge in [0.2, 0.25) is 11.7 Å². The lowest BCUT2D eigenvalue weighted by Gasteiger charge is -2.22. The minimum atomic E-state index is -0.564. The number of nitrogens with zero attached hydrogens (tertiary/aromatic N) is 3. The first-order valence-electron chi connectivity index (χ1n) is 8.65. The molecule has 1 heterocycles. The Hall–Kier alpha value is -2.61. The summed E-state index contributed by atoms with van der Waals surface area (Å²) in [7, 11) is 1.46. The molecule has 0 radical (unpaired) electrons. The fourth-order valence-corrected chi connectivity index (χ4v) is 3.45. The topological polar surface area (TPSA) is 74.4 Å². The molecular formula is C20H19Cl2FN4O2. The second-order valence-corrected chi connectivity index (χ2v) is 7.36. The summed E-state index contributed by atoms with van der Waals surface area (Å²) in [6, 6.07) is 7.92. The van der Waals surface area contributed by atoms with Gasteiger partial charge in [-0.3, -0.25) is 5.21 Å². The molecule has 2 aromatic carbocycles. The number of rotatable bonds is 6. The Morgan fingerprint density at radius 3 is 2.62 bits per heavy atom. The maximum absolute atomic E-state index is 14.7. The molecule has 152 valence electrons. The number of benzene rings is 2. The number of hydroxylamine groups is 2. The van der Waals surface area contributed by atoms with E-state index >= 15 is 0 Å². The van der Waals surface area contributed by atoms with E-state index in [1.54, 1.807) is 25.1 Å². The third-order valence-electron chi connectivity index (χ3n) is 4.36. The summed E-state index contributed by atoms with van der Waals surface area (Å²) >= 11 is 12.6. The van der Waals surface area contributed by atoms with Gasteiger partial charge in [0.05, 0.1) is 11.6 Å². The lowest BCUT2D eigenvalue weighted by molar-refractivity contribution is -0.0361. The van der Waals surface area contributed by atoms with Crippen molar-refractivity contribution >= 4 is 23.2 Å². The van der Waals surface area contributed by atoms with E-state index in [-0.39, 0.29) is 22.5 Å². The van der Waals surface area contributed by atoms with Gasteiger partial charge in [-0.05, 0) is 41.8 Å². The van der Waals surface area contributed by atoms with E-state index < -0.39 is 5.82 Å². The molecule has 0 fully saturated rings. The van der Waals surface area contributed by atoms with E-state index in [1.165, 1.54) is 13.1 Å². The third-order valence-corrected chi connectivity index (χ3v) is 4.90. The Kier molecular flexibility index (Phi) is 6.12. The molecule has 0 bridgehead atoms. The van der Waals surface area contributed by atoms with Crippen molar-refractivity contribution in [3.05, 3.63) is 70.0 Å². The van der Waals surface area contributed by atoms with E-state index in [2.05, 4.69) is 22.0 Å². The number of hydrogen-bond acceptors (Lipinski definition) is 6. The summed E-state index contributed by atoms with van der Waals surface area (Å²) in [5, 5.41) is 17.9. The highest BCUT2D eigenvalue weighted by Crippen LogP contribution is 2.37. The predicted molar refractivity (Wildman–Crippen MR) is 110 cm³/mol. The number of hydrogen-bond donors (Lipinski definition) is 2. The monoisotopic (exact) mass is 436 g/mol. The van der Waals surface area contributed by atoms with Crippen molar-refractivity contribution in [2.24, 2.45) is 0 Å². The molecule has 2 N–H and O–H groups in total. The quantitative estimate of drug-likeness (QED) is 0.489. The minimum absolute atomic E-state index is 0.129. The van der Waals surface area contributed by atoms with E-state index in [0.717, 1.165) is 10.6 Å². The molecule has 29 heavy (non-hydrogen) atoms. The highest BCUT2D eigenvalue weighted by molar-refractivity contribution is 6.32. The number of aryl methyl sites for hydroxylation is 1. The normalized spacial score (nSPS) is 12.0. The summed E-state index contributed by atoms with van der Waals surface area (Å²) in [5.41, 5.74) is 2.08. The smallest absolute Gasteiger partial charge is 0.223 e. The van der Waals surface area contributed by atoms with Crippen LogP contribution in [0, 0.1) is 12.7 Å². The van der Waals surface area contributed by atoms with Gasteiger partial charge in [0.15, 0.2) is 0 Å². The van der Waals surface area contributed by atoms with E-state index in [9.17, 15) is 9.60 Å². The van der Waals surface area contributed by atoms with Crippen LogP contribution in [0.4, 0.5) is 4.39 Å². The zero-order valence-electron chi connectivity index (χ0n) is 16.0. The van der Waals surface area contributed by atoms with E-state index in [0.29, 0.717) is 27.9 Å². The van der Waals surface area contributed by atoms with Crippen LogP contribution in [0.2, 0.25) is 10.0 Å². The van der Waals surface area contributed by atoms with Crippen LogP contribution in [-0.4, -0.2) is 27.5 Å². The van der Waals surface area contributed by atoms with Gasteiger partial charge in [0, 0.05) is 24.0 Å². The molecule has 0 unspecified atom stereocenters. The van der Waals surface area contributed by atoms with Crippen LogP contribution in [0.3, 0.4) is 0 Å². The molecule has 0 spiro atoms. The van der Waals surface area contributed by atoms with Crippen molar-refractivity contribution in [1.29, 1.82) is 0 Å². The van der Waals surface area contributed by atoms with Gasteiger partial charge in [-0.1, -0.05) is 47.1 Å². The summed E-state index contributed by atoms with van der Waals surface area (Å²) in [6.45, 7) is 7.23. The summed E-state index contributed by atoms with van der Waals surface area (Å²) in [4.78, 5) is 4.13. The highest BCUT2D eigenvalue weighted by Gasteiger charge is 2.20. The second kappa shape index (κ2) is 8.41. The number of aromatic nitrogens is 2. The first-order valence-corrected chi connectivity index (χ1v) is 9.40. The fourth-order valence-electron chi connectivity index (χ4n) is 2.90. The molecule has 0 saturated heterocycles. The SMILES string of the molecule is C=C(N[C@H](C)c1ccc(-c2cc(Cl)cc(F)c2-c2noc(C)n2)cc1Cl)N(C)O. The first-order chi connectivity index (χ1) is 13.7. The largest absolute Gasteiger partial charge is 0.364 e. The average molecular weight is 437 g/mol. The van der Waals surface area contributed by atoms with Gasteiger partial charge in [0.1, 0.15) is 11.6 Å². The molecule has 0 aliphatic carbocycles. The van der Waals surface area contributed by atoms with Crippen molar-refractivity contribution < 1.29 is 14.1 Å². The van der Waals surface area contributed by atoms with Crippen molar-refractivity contribution in [2.75, 3.05) is 7.05 Å². The molecular weight excluding hydrogens is 418 g/mol. The lowest BCUT2D eigenvalue weighted by Crippen LogP contribution is -2.27. The van der Waals surface area contributed by atoms with Crippen LogP contribution in [0.25, 0.3) is 22.5 Å². The van der Waals surface area contributed by atoms with Crippen LogP contribution in [-0.2, 0) is 0 Å². The Morgan fingerprint density at radius 2 is 2.03 bits per heavy atom. The van der Waals surface area contributed by atoms with Crippen LogP contribution in [0.5, 0.6) is 0 Å². The van der Waals surface area contributed by atoms with Crippen molar-refractivity contribution in [3.8, 4) is 22.5 Å². The highest BCUT2D eigenvalue weighted by atomic mass is 35.5. The third kappa shape index (κ3) is 4.53. The zero-order valence-corrected chi connectivity index (χ0v) is 17.5. The van der Waals surface area contributed by atoms with Crippen LogP contribution in [0.1, 0.15) is 24.4 Å². The Bertz CT molecular complexity index is 1070. The van der Waals surface area contributed by atoms with Crippen molar-refractivity contribution in [1.82, 2.24) is 20.5 Å². The van der Waals surface area contributed by atoms with E-state index in [4.69, 9.17) is 27.7 Å². The number of halogens is 3.